The van der Waals surface area contributed by atoms with Crippen LogP contribution in [0.5, 0.6) is 0 Å². The van der Waals surface area contributed by atoms with E-state index in [9.17, 15) is 4.79 Å². The second-order valence-electron chi connectivity index (χ2n) is 4.86. The second-order valence-corrected chi connectivity index (χ2v) is 4.86. The third kappa shape index (κ3) is 3.14. The zero-order valence-electron chi connectivity index (χ0n) is 12.0. The Morgan fingerprint density at radius 2 is 2.00 bits per heavy atom. The molecule has 0 spiro atoms. The summed E-state index contributed by atoms with van der Waals surface area (Å²) in [5, 5.41) is 11.8. The molecule has 0 unspecified atom stereocenters. The summed E-state index contributed by atoms with van der Waals surface area (Å²) in [5.74, 6) is 0.544. The predicted molar refractivity (Wildman–Crippen MR) is 83.7 cm³/mol. The van der Waals surface area contributed by atoms with Crippen LogP contribution in [0.3, 0.4) is 0 Å². The van der Waals surface area contributed by atoms with E-state index < -0.39 is 0 Å². The van der Waals surface area contributed by atoms with Gasteiger partial charge in [0.1, 0.15) is 5.82 Å². The number of H-pyrrole nitrogens is 1. The molecule has 0 saturated heterocycles. The standard InChI is InChI=1S/C15H16N6O/c1-11(21-9-8-16-10-21)12-2-4-13(5-3-12)18-15(22)19-14-6-7-17-20-14/h2-11H,1H3,(H3,17,18,19,20,22)/t11-/m1/s1. The quantitative estimate of drug-likeness (QED) is 0.691. The number of nitrogens with zero attached hydrogens (tertiary/aromatic N) is 3. The molecule has 3 N–H and O–H groups in total. The first-order chi connectivity index (χ1) is 10.7. The zero-order valence-corrected chi connectivity index (χ0v) is 12.0. The Labute approximate surface area is 127 Å². The van der Waals surface area contributed by atoms with Gasteiger partial charge < -0.3 is 9.88 Å². The molecule has 0 aliphatic carbocycles. The van der Waals surface area contributed by atoms with Crippen LogP contribution in [0.4, 0.5) is 16.3 Å². The average molecular weight is 296 g/mol. The number of rotatable bonds is 4. The Balaban J connectivity index is 1.63. The fraction of sp³-hybridized carbons (Fsp3) is 0.133. The summed E-state index contributed by atoms with van der Waals surface area (Å²) in [6.45, 7) is 2.09. The van der Waals surface area contributed by atoms with Crippen molar-refractivity contribution in [1.82, 2.24) is 19.7 Å². The normalized spacial score (nSPS) is 11.9. The molecule has 2 heterocycles. The summed E-state index contributed by atoms with van der Waals surface area (Å²) in [6, 6.07) is 9.25. The monoisotopic (exact) mass is 296 g/mol. The molecule has 0 aliphatic heterocycles. The number of imidazole rings is 1. The van der Waals surface area contributed by atoms with Gasteiger partial charge in [0.25, 0.3) is 0 Å². The lowest BCUT2D eigenvalue weighted by Gasteiger charge is -2.14. The van der Waals surface area contributed by atoms with Gasteiger partial charge in [-0.3, -0.25) is 10.4 Å². The Kier molecular flexibility index (Phi) is 3.86. The number of aromatic amines is 1. The van der Waals surface area contributed by atoms with E-state index in [1.165, 1.54) is 0 Å². The van der Waals surface area contributed by atoms with Crippen molar-refractivity contribution in [2.75, 3.05) is 10.6 Å². The second kappa shape index (κ2) is 6.13. The largest absolute Gasteiger partial charge is 0.330 e. The molecule has 3 aromatic rings. The molecule has 0 aliphatic rings. The third-order valence-corrected chi connectivity index (χ3v) is 3.37. The van der Waals surface area contributed by atoms with Crippen LogP contribution < -0.4 is 10.6 Å². The molecular weight excluding hydrogens is 280 g/mol. The van der Waals surface area contributed by atoms with Crippen LogP contribution in [0, 0.1) is 0 Å². The number of carbonyl (C=O) groups excluding carboxylic acids is 1. The number of nitrogens with one attached hydrogen (secondary N) is 3. The molecule has 0 fully saturated rings. The van der Waals surface area contributed by atoms with Crippen molar-refractivity contribution in [3.63, 3.8) is 0 Å². The number of benzene rings is 1. The highest BCUT2D eigenvalue weighted by molar-refractivity contribution is 5.99. The molecule has 0 radical (unpaired) electrons. The number of urea groups is 1. The Morgan fingerprint density at radius 3 is 2.64 bits per heavy atom. The molecule has 1 atom stereocenters. The molecule has 22 heavy (non-hydrogen) atoms. The minimum absolute atomic E-state index is 0.190. The van der Waals surface area contributed by atoms with Crippen LogP contribution in [0.2, 0.25) is 0 Å². The SMILES string of the molecule is C[C@H](c1ccc(NC(=O)Nc2ccn[nH]2)cc1)n1ccnc1. The van der Waals surface area contributed by atoms with Crippen molar-refractivity contribution in [3.8, 4) is 0 Å². The topological polar surface area (TPSA) is 87.6 Å². The Hall–Kier alpha value is -3.09. The highest BCUT2D eigenvalue weighted by atomic mass is 16.2. The number of hydrogen-bond donors (Lipinski definition) is 3. The lowest BCUT2D eigenvalue weighted by molar-refractivity contribution is 0.262. The van der Waals surface area contributed by atoms with Crippen LogP contribution in [-0.2, 0) is 0 Å². The van der Waals surface area contributed by atoms with E-state index >= 15 is 0 Å². The third-order valence-electron chi connectivity index (χ3n) is 3.37. The molecule has 0 saturated carbocycles. The summed E-state index contributed by atoms with van der Waals surface area (Å²) in [4.78, 5) is 15.9. The first kappa shape index (κ1) is 13.9. The van der Waals surface area contributed by atoms with Crippen molar-refractivity contribution >= 4 is 17.5 Å². The van der Waals surface area contributed by atoms with Gasteiger partial charge in [0.05, 0.1) is 18.6 Å². The van der Waals surface area contributed by atoms with Crippen molar-refractivity contribution in [1.29, 1.82) is 0 Å². The summed E-state index contributed by atoms with van der Waals surface area (Å²) < 4.78 is 2.02. The van der Waals surface area contributed by atoms with Crippen LogP contribution in [0.15, 0.2) is 55.2 Å². The van der Waals surface area contributed by atoms with E-state index in [-0.39, 0.29) is 12.1 Å². The van der Waals surface area contributed by atoms with E-state index in [1.807, 2.05) is 35.0 Å². The molecule has 7 nitrogen and oxygen atoms in total. The van der Waals surface area contributed by atoms with Gasteiger partial charge in [-0.1, -0.05) is 12.1 Å². The highest BCUT2D eigenvalue weighted by Gasteiger charge is 2.08. The van der Waals surface area contributed by atoms with E-state index in [0.717, 1.165) is 11.3 Å². The van der Waals surface area contributed by atoms with Gasteiger partial charge in [0.15, 0.2) is 0 Å². The molecule has 112 valence electrons. The van der Waals surface area contributed by atoms with E-state index in [4.69, 9.17) is 0 Å². The summed E-state index contributed by atoms with van der Waals surface area (Å²) >= 11 is 0. The van der Waals surface area contributed by atoms with Crippen LogP contribution in [-0.4, -0.2) is 25.8 Å². The maximum Gasteiger partial charge on any atom is 0.324 e. The molecule has 2 aromatic heterocycles. The van der Waals surface area contributed by atoms with Crippen molar-refractivity contribution < 1.29 is 4.79 Å². The maximum atomic E-state index is 11.8. The van der Waals surface area contributed by atoms with Crippen LogP contribution >= 0.6 is 0 Å². The van der Waals surface area contributed by atoms with E-state index in [1.54, 1.807) is 24.8 Å². The zero-order chi connectivity index (χ0) is 15.4. The van der Waals surface area contributed by atoms with Gasteiger partial charge in [0, 0.05) is 24.1 Å². The fourth-order valence-electron chi connectivity index (χ4n) is 2.13. The number of anilines is 2. The lowest BCUT2D eigenvalue weighted by atomic mass is 10.1. The van der Waals surface area contributed by atoms with Gasteiger partial charge in [0.2, 0.25) is 0 Å². The molecule has 0 bridgehead atoms. The minimum atomic E-state index is -0.320. The van der Waals surface area contributed by atoms with Gasteiger partial charge in [-0.25, -0.2) is 9.78 Å². The van der Waals surface area contributed by atoms with Crippen molar-refractivity contribution in [2.45, 2.75) is 13.0 Å². The van der Waals surface area contributed by atoms with Crippen molar-refractivity contribution in [3.05, 3.63) is 60.8 Å². The maximum absolute atomic E-state index is 11.8. The predicted octanol–water partition coefficient (Wildman–Crippen LogP) is 2.86. The van der Waals surface area contributed by atoms with Crippen molar-refractivity contribution in [2.24, 2.45) is 0 Å². The summed E-state index contributed by atoms with van der Waals surface area (Å²) in [7, 11) is 0. The van der Waals surface area contributed by atoms with Crippen LogP contribution in [0.25, 0.3) is 0 Å². The number of hydrogen-bond acceptors (Lipinski definition) is 3. The smallest absolute Gasteiger partial charge is 0.324 e. The first-order valence-electron chi connectivity index (χ1n) is 6.87. The molecule has 2 amide bonds. The number of aromatic nitrogens is 4. The first-order valence-corrected chi connectivity index (χ1v) is 6.87. The van der Waals surface area contributed by atoms with E-state index in [0.29, 0.717) is 5.82 Å². The number of amides is 2. The number of carbonyl (C=O) groups is 1. The highest BCUT2D eigenvalue weighted by Crippen LogP contribution is 2.19. The van der Waals surface area contributed by atoms with Gasteiger partial charge in [-0.15, -0.1) is 0 Å². The fourth-order valence-corrected chi connectivity index (χ4v) is 2.13. The molecular formula is C15H16N6O. The van der Waals surface area contributed by atoms with Crippen LogP contribution in [0.1, 0.15) is 18.5 Å². The Bertz CT molecular complexity index is 718. The minimum Gasteiger partial charge on any atom is -0.330 e. The van der Waals surface area contributed by atoms with Gasteiger partial charge in [-0.2, -0.15) is 5.10 Å². The van der Waals surface area contributed by atoms with Gasteiger partial charge in [-0.05, 0) is 24.6 Å². The van der Waals surface area contributed by atoms with E-state index in [2.05, 4.69) is 32.7 Å². The molecule has 1 aromatic carbocycles. The summed E-state index contributed by atoms with van der Waals surface area (Å²) in [5.41, 5.74) is 1.86. The van der Waals surface area contributed by atoms with Gasteiger partial charge >= 0.3 is 6.03 Å². The average Bonchev–Trinajstić information content (AvgIpc) is 3.20. The molecule has 7 heteroatoms. The molecule has 3 rings (SSSR count). The lowest BCUT2D eigenvalue weighted by Crippen LogP contribution is -2.19. The summed E-state index contributed by atoms with van der Waals surface area (Å²) in [6.07, 6.45) is 7.04. The Morgan fingerprint density at radius 1 is 1.18 bits per heavy atom.